The number of piperazine rings is 1. The van der Waals surface area contributed by atoms with Crippen molar-refractivity contribution in [2.45, 2.75) is 6.42 Å². The van der Waals surface area contributed by atoms with E-state index in [0.29, 0.717) is 42.8 Å². The van der Waals surface area contributed by atoms with Crippen LogP contribution in [0.25, 0.3) is 0 Å². The number of ether oxygens (including phenoxy) is 1. The largest absolute Gasteiger partial charge is 0.497 e. The van der Waals surface area contributed by atoms with Crippen LogP contribution in [0, 0.1) is 0 Å². The van der Waals surface area contributed by atoms with E-state index in [9.17, 15) is 14.4 Å². The molecule has 0 atom stereocenters. The third-order valence-corrected chi connectivity index (χ3v) is 5.41. The number of carbonyl (C=O) groups is 1. The molecule has 0 N–H and O–H groups in total. The summed E-state index contributed by atoms with van der Waals surface area (Å²) in [6.45, 7) is 2.11. The SMILES string of the molecule is COc1ccc(CC(=O)N2CCN(c3cc(=O)n(C)c(=O)n3C)CC2)c(Cl)c1. The zero-order valence-electron chi connectivity index (χ0n) is 16.1. The first kappa shape index (κ1) is 20.0. The highest BCUT2D eigenvalue weighted by Gasteiger charge is 2.24. The molecule has 0 unspecified atom stereocenters. The highest BCUT2D eigenvalue weighted by atomic mass is 35.5. The number of aromatic nitrogens is 2. The van der Waals surface area contributed by atoms with Gasteiger partial charge < -0.3 is 14.5 Å². The summed E-state index contributed by atoms with van der Waals surface area (Å²) in [4.78, 5) is 40.4. The van der Waals surface area contributed by atoms with Crippen molar-refractivity contribution >= 4 is 23.3 Å². The van der Waals surface area contributed by atoms with E-state index in [1.807, 2.05) is 4.90 Å². The minimum absolute atomic E-state index is 0.00965. The predicted octanol–water partition coefficient (Wildman–Crippen LogP) is 0.637. The maximum atomic E-state index is 12.6. The van der Waals surface area contributed by atoms with Gasteiger partial charge in [-0.05, 0) is 17.7 Å². The van der Waals surface area contributed by atoms with E-state index in [2.05, 4.69) is 0 Å². The Labute approximate surface area is 167 Å². The summed E-state index contributed by atoms with van der Waals surface area (Å²) in [5, 5.41) is 0.501. The lowest BCUT2D eigenvalue weighted by Crippen LogP contribution is -2.51. The van der Waals surface area contributed by atoms with Gasteiger partial charge in [0.05, 0.1) is 13.5 Å². The molecule has 0 saturated carbocycles. The molecule has 1 aromatic carbocycles. The van der Waals surface area contributed by atoms with E-state index in [-0.39, 0.29) is 23.6 Å². The first-order valence-corrected chi connectivity index (χ1v) is 9.32. The van der Waals surface area contributed by atoms with Gasteiger partial charge in [-0.1, -0.05) is 17.7 Å². The molecule has 1 aliphatic heterocycles. The van der Waals surface area contributed by atoms with E-state index in [4.69, 9.17) is 16.3 Å². The zero-order valence-corrected chi connectivity index (χ0v) is 16.9. The Kier molecular flexibility index (Phi) is 5.79. The molecule has 2 heterocycles. The molecule has 2 aromatic rings. The van der Waals surface area contributed by atoms with Crippen LogP contribution in [0.15, 0.2) is 33.9 Å². The molecule has 1 fully saturated rings. The van der Waals surface area contributed by atoms with E-state index >= 15 is 0 Å². The van der Waals surface area contributed by atoms with Crippen LogP contribution in [0.4, 0.5) is 5.82 Å². The number of nitrogens with zero attached hydrogens (tertiary/aromatic N) is 4. The Bertz CT molecular complexity index is 1010. The molecule has 1 saturated heterocycles. The number of benzene rings is 1. The number of methoxy groups -OCH3 is 1. The summed E-state index contributed by atoms with van der Waals surface area (Å²) < 4.78 is 7.65. The first-order valence-electron chi connectivity index (χ1n) is 8.94. The minimum atomic E-state index is -0.366. The number of halogens is 1. The summed E-state index contributed by atoms with van der Waals surface area (Å²) in [5.74, 6) is 1.21. The monoisotopic (exact) mass is 406 g/mol. The first-order chi connectivity index (χ1) is 13.3. The number of rotatable bonds is 4. The zero-order chi connectivity index (χ0) is 20.4. The molecule has 0 bridgehead atoms. The Balaban J connectivity index is 1.66. The van der Waals surface area contributed by atoms with Crippen molar-refractivity contribution in [1.82, 2.24) is 14.0 Å². The quantitative estimate of drug-likeness (QED) is 0.744. The molecule has 1 aromatic heterocycles. The van der Waals surface area contributed by atoms with Gasteiger partial charge in [-0.3, -0.25) is 18.7 Å². The lowest BCUT2D eigenvalue weighted by atomic mass is 10.1. The maximum absolute atomic E-state index is 12.6. The average Bonchev–Trinajstić information content (AvgIpc) is 2.70. The second-order valence-electron chi connectivity index (χ2n) is 6.74. The fraction of sp³-hybridized carbons (Fsp3) is 0.421. The third kappa shape index (κ3) is 3.91. The van der Waals surface area contributed by atoms with Gasteiger partial charge >= 0.3 is 5.69 Å². The summed E-state index contributed by atoms with van der Waals surface area (Å²) in [7, 11) is 4.66. The van der Waals surface area contributed by atoms with Crippen LogP contribution in [0.2, 0.25) is 5.02 Å². The summed E-state index contributed by atoms with van der Waals surface area (Å²) in [5.41, 5.74) is 0.0461. The molecule has 8 nitrogen and oxygen atoms in total. The van der Waals surface area contributed by atoms with Gasteiger partial charge in [-0.2, -0.15) is 0 Å². The number of hydrogen-bond acceptors (Lipinski definition) is 5. The van der Waals surface area contributed by atoms with Gasteiger partial charge in [0, 0.05) is 51.4 Å². The number of anilines is 1. The minimum Gasteiger partial charge on any atom is -0.497 e. The second-order valence-corrected chi connectivity index (χ2v) is 7.15. The van der Waals surface area contributed by atoms with Crippen LogP contribution < -0.4 is 20.9 Å². The van der Waals surface area contributed by atoms with Crippen LogP contribution in [0.3, 0.4) is 0 Å². The fourth-order valence-electron chi connectivity index (χ4n) is 3.28. The predicted molar refractivity (Wildman–Crippen MR) is 107 cm³/mol. The molecule has 0 radical (unpaired) electrons. The Morgan fingerprint density at radius 2 is 1.75 bits per heavy atom. The van der Waals surface area contributed by atoms with Gasteiger partial charge in [0.2, 0.25) is 5.91 Å². The molecule has 150 valence electrons. The number of amides is 1. The standard InChI is InChI=1S/C19H23ClN4O4/c1-21-16(12-17(25)22(2)19(21)27)23-6-8-24(9-7-23)18(26)10-13-4-5-14(28-3)11-15(13)20/h4-5,11-12H,6-10H2,1-3H3. The average molecular weight is 407 g/mol. The van der Waals surface area contributed by atoms with Crippen LogP contribution in [0.5, 0.6) is 5.75 Å². The summed E-state index contributed by atoms with van der Waals surface area (Å²) in [6.07, 6.45) is 0.215. The van der Waals surface area contributed by atoms with Crippen molar-refractivity contribution in [1.29, 1.82) is 0 Å². The van der Waals surface area contributed by atoms with Gasteiger partial charge in [-0.15, -0.1) is 0 Å². The Hall–Kier alpha value is -2.74. The third-order valence-electron chi connectivity index (χ3n) is 5.06. The lowest BCUT2D eigenvalue weighted by Gasteiger charge is -2.36. The molecule has 1 amide bonds. The molecule has 3 rings (SSSR count). The van der Waals surface area contributed by atoms with E-state index < -0.39 is 0 Å². The lowest BCUT2D eigenvalue weighted by molar-refractivity contribution is -0.130. The number of carbonyl (C=O) groups excluding carboxylic acids is 1. The van der Waals surface area contributed by atoms with E-state index in [0.717, 1.165) is 10.1 Å². The maximum Gasteiger partial charge on any atom is 0.332 e. The van der Waals surface area contributed by atoms with Gasteiger partial charge in [0.25, 0.3) is 5.56 Å². The Morgan fingerprint density at radius 3 is 2.36 bits per heavy atom. The molecule has 0 aliphatic carbocycles. The molecular weight excluding hydrogens is 384 g/mol. The van der Waals surface area contributed by atoms with Crippen molar-refractivity contribution < 1.29 is 9.53 Å². The van der Waals surface area contributed by atoms with E-state index in [1.165, 1.54) is 17.7 Å². The summed E-state index contributed by atoms with van der Waals surface area (Å²) in [6, 6.07) is 6.72. The van der Waals surface area contributed by atoms with Crippen LogP contribution >= 0.6 is 11.6 Å². The summed E-state index contributed by atoms with van der Waals surface area (Å²) >= 11 is 6.23. The van der Waals surface area contributed by atoms with Crippen molar-refractivity contribution in [3.05, 3.63) is 55.7 Å². The molecule has 0 spiro atoms. The van der Waals surface area contributed by atoms with Gasteiger partial charge in [-0.25, -0.2) is 4.79 Å². The van der Waals surface area contributed by atoms with Crippen molar-refractivity contribution in [3.63, 3.8) is 0 Å². The second kappa shape index (κ2) is 8.10. The van der Waals surface area contributed by atoms with Crippen LogP contribution in [0.1, 0.15) is 5.56 Å². The Morgan fingerprint density at radius 1 is 1.07 bits per heavy atom. The highest BCUT2D eigenvalue weighted by molar-refractivity contribution is 6.31. The molecule has 1 aliphatic rings. The molecule has 9 heteroatoms. The van der Waals surface area contributed by atoms with Gasteiger partial charge in [0.15, 0.2) is 0 Å². The highest BCUT2D eigenvalue weighted by Crippen LogP contribution is 2.23. The molecular formula is C19H23ClN4O4. The molecule has 28 heavy (non-hydrogen) atoms. The van der Waals surface area contributed by atoms with Crippen molar-refractivity contribution in [3.8, 4) is 5.75 Å². The fourth-order valence-corrected chi connectivity index (χ4v) is 3.52. The number of hydrogen-bond donors (Lipinski definition) is 0. The van der Waals surface area contributed by atoms with Crippen LogP contribution in [-0.4, -0.2) is 53.2 Å². The normalized spacial score (nSPS) is 14.3. The van der Waals surface area contributed by atoms with Crippen LogP contribution in [-0.2, 0) is 25.3 Å². The van der Waals surface area contributed by atoms with E-state index in [1.54, 1.807) is 37.3 Å². The van der Waals surface area contributed by atoms with Crippen molar-refractivity contribution in [2.75, 3.05) is 38.2 Å². The topological polar surface area (TPSA) is 76.8 Å². The van der Waals surface area contributed by atoms with Crippen molar-refractivity contribution in [2.24, 2.45) is 14.1 Å². The smallest absolute Gasteiger partial charge is 0.332 e. The van der Waals surface area contributed by atoms with Gasteiger partial charge in [0.1, 0.15) is 11.6 Å².